The Morgan fingerprint density at radius 2 is 1.95 bits per heavy atom. The molecule has 2 atom stereocenters. The molecule has 0 spiro atoms. The van der Waals surface area contributed by atoms with Crippen molar-refractivity contribution >= 4 is 16.9 Å². The highest BCUT2D eigenvalue weighted by atomic mass is 19.3. The van der Waals surface area contributed by atoms with Crippen LogP contribution in [0.15, 0.2) is 48.7 Å². The molecule has 4 aromatic rings. The number of pyridine rings is 1. The van der Waals surface area contributed by atoms with E-state index < -0.39 is 29.4 Å². The highest BCUT2D eigenvalue weighted by molar-refractivity contribution is 5.98. The van der Waals surface area contributed by atoms with Crippen LogP contribution in [0.1, 0.15) is 65.7 Å². The van der Waals surface area contributed by atoms with Crippen molar-refractivity contribution in [3.05, 3.63) is 77.1 Å². The van der Waals surface area contributed by atoms with Gasteiger partial charge < -0.3 is 19.9 Å². The average Bonchev–Trinajstić information content (AvgIpc) is 3.44. The summed E-state index contributed by atoms with van der Waals surface area (Å²) in [4.78, 5) is 24.1. The molecule has 8 nitrogen and oxygen atoms in total. The molecule has 208 valence electrons. The third kappa shape index (κ3) is 3.67. The zero-order valence-electron chi connectivity index (χ0n) is 22.2. The molecule has 3 aliphatic rings. The molecule has 1 saturated carbocycles. The van der Waals surface area contributed by atoms with Crippen molar-refractivity contribution in [2.24, 2.45) is 11.1 Å². The van der Waals surface area contributed by atoms with Crippen LogP contribution in [0.3, 0.4) is 0 Å². The second-order valence-electron chi connectivity index (χ2n) is 11.6. The number of benzene rings is 2. The summed E-state index contributed by atoms with van der Waals surface area (Å²) in [5.74, 6) is -0.228. The van der Waals surface area contributed by atoms with Gasteiger partial charge in [-0.15, -0.1) is 0 Å². The number of aromatic nitrogens is 3. The minimum Gasteiger partial charge on any atom is -0.434 e. The van der Waals surface area contributed by atoms with Crippen LogP contribution in [0.5, 0.6) is 5.75 Å². The van der Waals surface area contributed by atoms with E-state index >= 15 is 4.39 Å². The summed E-state index contributed by atoms with van der Waals surface area (Å²) in [5, 5.41) is 9.34. The lowest BCUT2D eigenvalue weighted by Crippen LogP contribution is -2.54. The Bertz CT molecular complexity index is 1810. The quantitative estimate of drug-likeness (QED) is 0.357. The molecule has 4 heterocycles. The lowest BCUT2D eigenvalue weighted by molar-refractivity contribution is -0.0507. The van der Waals surface area contributed by atoms with E-state index in [4.69, 9.17) is 15.5 Å². The van der Waals surface area contributed by atoms with Gasteiger partial charge in [-0.25, -0.2) is 9.37 Å². The molecular weight excluding hydrogens is 533 g/mol. The molecule has 2 bridgehead atoms. The van der Waals surface area contributed by atoms with Crippen molar-refractivity contribution in [2.75, 3.05) is 7.05 Å². The van der Waals surface area contributed by atoms with Crippen molar-refractivity contribution in [1.29, 1.82) is 5.26 Å². The summed E-state index contributed by atoms with van der Waals surface area (Å²) in [5.41, 5.74) is 8.24. The van der Waals surface area contributed by atoms with E-state index in [0.717, 1.165) is 0 Å². The summed E-state index contributed by atoms with van der Waals surface area (Å²) >= 11 is 0. The molecule has 1 fully saturated rings. The molecule has 2 N–H and O–H groups in total. The third-order valence-corrected chi connectivity index (χ3v) is 8.73. The van der Waals surface area contributed by atoms with Crippen LogP contribution in [0.4, 0.5) is 13.2 Å². The Hall–Kier alpha value is -4.43. The highest BCUT2D eigenvalue weighted by Gasteiger charge is 2.53. The fourth-order valence-electron chi connectivity index (χ4n) is 7.01. The summed E-state index contributed by atoms with van der Waals surface area (Å²) in [7, 11) is 1.68. The number of carbonyl (C=O) groups excluding carboxylic acids is 1. The Kier molecular flexibility index (Phi) is 5.32. The van der Waals surface area contributed by atoms with Gasteiger partial charge in [0.15, 0.2) is 0 Å². The van der Waals surface area contributed by atoms with E-state index in [-0.39, 0.29) is 23.4 Å². The van der Waals surface area contributed by atoms with Crippen LogP contribution in [-0.4, -0.2) is 39.0 Å². The van der Waals surface area contributed by atoms with Crippen LogP contribution in [-0.2, 0) is 5.54 Å². The van der Waals surface area contributed by atoms with Crippen molar-refractivity contribution < 1.29 is 22.7 Å². The number of nitriles is 1. The molecule has 41 heavy (non-hydrogen) atoms. The fraction of sp³-hybridized carbons (Fsp3) is 0.333. The smallest absolute Gasteiger partial charge is 0.387 e. The number of carbonyl (C=O) groups is 1. The van der Waals surface area contributed by atoms with Crippen molar-refractivity contribution in [2.45, 2.75) is 50.4 Å². The fourth-order valence-corrected chi connectivity index (χ4v) is 7.01. The number of nitrogens with two attached hydrogens (primary N) is 1. The minimum atomic E-state index is -3.05. The van der Waals surface area contributed by atoms with Gasteiger partial charge in [-0.1, -0.05) is 12.1 Å². The van der Waals surface area contributed by atoms with Crippen molar-refractivity contribution in [3.63, 3.8) is 0 Å². The summed E-state index contributed by atoms with van der Waals surface area (Å²) in [6.07, 6.45) is 2.67. The topological polar surface area (TPSA) is 110 Å². The number of fused-ring (bicyclic) bond motifs is 9. The van der Waals surface area contributed by atoms with Crippen LogP contribution in [0.25, 0.3) is 22.2 Å². The van der Waals surface area contributed by atoms with Gasteiger partial charge in [-0.3, -0.25) is 9.78 Å². The van der Waals surface area contributed by atoms with E-state index in [1.54, 1.807) is 31.1 Å². The van der Waals surface area contributed by atoms with Gasteiger partial charge in [-0.05, 0) is 55.7 Å². The first-order valence-electron chi connectivity index (χ1n) is 13.3. The lowest BCUT2D eigenvalue weighted by Gasteiger charge is -2.48. The van der Waals surface area contributed by atoms with Gasteiger partial charge >= 0.3 is 6.61 Å². The normalized spacial score (nSPS) is 26.4. The number of imidazole rings is 1. The Morgan fingerprint density at radius 1 is 1.17 bits per heavy atom. The van der Waals surface area contributed by atoms with E-state index in [1.807, 2.05) is 22.8 Å². The molecule has 2 aromatic carbocycles. The van der Waals surface area contributed by atoms with E-state index in [1.165, 1.54) is 18.2 Å². The maximum Gasteiger partial charge on any atom is 0.387 e. The Labute approximate surface area is 233 Å². The second-order valence-corrected chi connectivity index (χ2v) is 11.6. The lowest BCUT2D eigenvalue weighted by atomic mass is 9.58. The number of amides is 1. The summed E-state index contributed by atoms with van der Waals surface area (Å²) in [6, 6.07) is 12.9. The maximum atomic E-state index is 15.3. The molecule has 0 saturated heterocycles. The zero-order chi connectivity index (χ0) is 28.8. The number of nitrogens with zero attached hydrogens (tertiary/aromatic N) is 5. The molecular formula is C30H25F3N6O2. The summed E-state index contributed by atoms with van der Waals surface area (Å²) in [6.45, 7) is -1.25. The number of hydrogen-bond acceptors (Lipinski definition) is 6. The number of halogens is 3. The predicted octanol–water partition coefficient (Wildman–Crippen LogP) is 5.44. The number of rotatable bonds is 4. The van der Waals surface area contributed by atoms with Crippen LogP contribution in [0, 0.1) is 22.6 Å². The van der Waals surface area contributed by atoms with Crippen molar-refractivity contribution in [1.82, 2.24) is 19.4 Å². The predicted molar refractivity (Wildman–Crippen MR) is 142 cm³/mol. The molecule has 0 radical (unpaired) electrons. The maximum absolute atomic E-state index is 15.3. The third-order valence-electron chi connectivity index (χ3n) is 8.73. The van der Waals surface area contributed by atoms with Crippen molar-refractivity contribution in [3.8, 4) is 22.9 Å². The SMILES string of the molecule is CN1C(=O)c2cccc(OC(F)F)c2[C@H]2C[C@@H]1c1nc3ccc(-c4cnc([C@]5(N)C[C@@](C)(C#N)C5)c(F)c4)cc3n12. The summed E-state index contributed by atoms with van der Waals surface area (Å²) < 4.78 is 48.9. The number of hydrogen-bond donors (Lipinski definition) is 1. The number of alkyl halides is 2. The van der Waals surface area contributed by atoms with Crippen LogP contribution < -0.4 is 10.5 Å². The van der Waals surface area contributed by atoms with Gasteiger partial charge in [0.1, 0.15) is 17.4 Å². The van der Waals surface area contributed by atoms with Gasteiger partial charge in [-0.2, -0.15) is 14.0 Å². The minimum absolute atomic E-state index is 0.0446. The largest absolute Gasteiger partial charge is 0.434 e. The van der Waals surface area contributed by atoms with E-state index in [9.17, 15) is 18.8 Å². The molecule has 7 rings (SSSR count). The van der Waals surface area contributed by atoms with Crippen LogP contribution in [0.2, 0.25) is 0 Å². The van der Waals surface area contributed by atoms with Gasteiger partial charge in [0, 0.05) is 36.4 Å². The Balaban J connectivity index is 1.33. The standard InChI is InChI=1S/C30H25F3N6O2/c1-29(14-34)12-30(35,13-29)25-18(31)8-16(11-36-25)15-6-7-19-20(9-15)39-21-10-22(26(39)37-19)38(2)27(40)17-4-3-5-23(24(17)21)41-28(32)33/h3-9,11,21-22,28H,10,12-13,35H2,1-2H3/t21-,22-,29-,30+/m1/s1. The molecule has 1 aliphatic carbocycles. The first-order chi connectivity index (χ1) is 19.5. The zero-order valence-corrected chi connectivity index (χ0v) is 22.2. The van der Waals surface area contributed by atoms with E-state index in [2.05, 4.69) is 11.1 Å². The molecule has 0 unspecified atom stereocenters. The molecule has 11 heteroatoms. The van der Waals surface area contributed by atoms with Gasteiger partial charge in [0.2, 0.25) is 0 Å². The molecule has 1 amide bonds. The van der Waals surface area contributed by atoms with Crippen LogP contribution >= 0.6 is 0 Å². The number of ether oxygens (including phenoxy) is 1. The van der Waals surface area contributed by atoms with Gasteiger partial charge in [0.25, 0.3) is 5.91 Å². The monoisotopic (exact) mass is 558 g/mol. The van der Waals surface area contributed by atoms with E-state index in [0.29, 0.717) is 58.4 Å². The first kappa shape index (κ1) is 25.5. The highest BCUT2D eigenvalue weighted by Crippen LogP contribution is 2.52. The Morgan fingerprint density at radius 3 is 2.66 bits per heavy atom. The van der Waals surface area contributed by atoms with Gasteiger partial charge in [0.05, 0.1) is 45.8 Å². The second kappa shape index (κ2) is 8.54. The average molecular weight is 559 g/mol. The first-order valence-corrected chi connectivity index (χ1v) is 13.3. The molecule has 2 aliphatic heterocycles. The molecule has 2 aromatic heterocycles.